The highest BCUT2D eigenvalue weighted by Gasteiger charge is 2.05. The number of benzene rings is 1. The normalized spacial score (nSPS) is 11.1. The Morgan fingerprint density at radius 2 is 2.27 bits per heavy atom. The molecule has 1 heterocycles. The minimum Gasteiger partial charge on any atom is -0.342 e. The number of aromatic amines is 1. The summed E-state index contributed by atoms with van der Waals surface area (Å²) in [4.78, 5) is 7.64. The summed E-state index contributed by atoms with van der Waals surface area (Å²) in [6.07, 6.45) is 1.02. The van der Waals surface area contributed by atoms with E-state index in [2.05, 4.69) is 43.3 Å². The molecule has 0 bridgehead atoms. The Kier molecular flexibility index (Phi) is 3.07. The first-order valence-corrected chi connectivity index (χ1v) is 5.79. The van der Waals surface area contributed by atoms with Crippen molar-refractivity contribution >= 4 is 27.0 Å². The van der Waals surface area contributed by atoms with E-state index in [0.717, 1.165) is 34.3 Å². The number of rotatable bonds is 3. The van der Waals surface area contributed by atoms with Crippen LogP contribution in [0.25, 0.3) is 11.0 Å². The maximum atomic E-state index is 4.39. The van der Waals surface area contributed by atoms with E-state index in [1.54, 1.807) is 0 Å². The molecule has 2 N–H and O–H groups in total. The SMILES string of the molecule is CNCCc1cc2[nH]c(C)nc2cc1Br. The molecule has 0 fully saturated rings. The van der Waals surface area contributed by atoms with Gasteiger partial charge >= 0.3 is 0 Å². The van der Waals surface area contributed by atoms with Gasteiger partial charge in [-0.15, -0.1) is 0 Å². The fourth-order valence-corrected chi connectivity index (χ4v) is 2.18. The molecule has 0 atom stereocenters. The molecule has 0 saturated heterocycles. The van der Waals surface area contributed by atoms with Crippen LogP contribution in [-0.4, -0.2) is 23.6 Å². The summed E-state index contributed by atoms with van der Waals surface area (Å²) >= 11 is 3.58. The molecule has 2 rings (SSSR count). The molecule has 4 heteroatoms. The molecule has 0 unspecified atom stereocenters. The molecule has 0 aliphatic carbocycles. The maximum Gasteiger partial charge on any atom is 0.104 e. The third-order valence-electron chi connectivity index (χ3n) is 2.41. The van der Waals surface area contributed by atoms with E-state index in [9.17, 15) is 0 Å². The summed E-state index contributed by atoms with van der Waals surface area (Å²) in [6.45, 7) is 2.96. The van der Waals surface area contributed by atoms with E-state index in [0.29, 0.717) is 0 Å². The number of nitrogens with one attached hydrogen (secondary N) is 2. The molecule has 15 heavy (non-hydrogen) atoms. The van der Waals surface area contributed by atoms with E-state index in [1.807, 2.05) is 14.0 Å². The highest BCUT2D eigenvalue weighted by molar-refractivity contribution is 9.10. The van der Waals surface area contributed by atoms with Gasteiger partial charge in [0.15, 0.2) is 0 Å². The van der Waals surface area contributed by atoms with Crippen LogP contribution < -0.4 is 5.32 Å². The monoisotopic (exact) mass is 267 g/mol. The Labute approximate surface area is 97.4 Å². The van der Waals surface area contributed by atoms with Crippen molar-refractivity contribution in [2.24, 2.45) is 0 Å². The first-order valence-electron chi connectivity index (χ1n) is 5.00. The van der Waals surface area contributed by atoms with Gasteiger partial charge in [-0.25, -0.2) is 4.98 Å². The van der Waals surface area contributed by atoms with Crippen LogP contribution in [0.3, 0.4) is 0 Å². The van der Waals surface area contributed by atoms with Gasteiger partial charge in [0.25, 0.3) is 0 Å². The second kappa shape index (κ2) is 4.33. The molecule has 0 radical (unpaired) electrons. The molecule has 0 amide bonds. The molecule has 2 aromatic rings. The average Bonchev–Trinajstić information content (AvgIpc) is 2.53. The van der Waals surface area contributed by atoms with Gasteiger partial charge in [0.05, 0.1) is 11.0 Å². The number of H-pyrrole nitrogens is 1. The van der Waals surface area contributed by atoms with Gasteiger partial charge in [-0.2, -0.15) is 0 Å². The van der Waals surface area contributed by atoms with Crippen LogP contribution in [0.2, 0.25) is 0 Å². The number of aromatic nitrogens is 2. The lowest BCUT2D eigenvalue weighted by Crippen LogP contribution is -2.10. The Morgan fingerprint density at radius 3 is 3.00 bits per heavy atom. The van der Waals surface area contributed by atoms with Gasteiger partial charge in [-0.1, -0.05) is 15.9 Å². The number of likely N-dealkylation sites (N-methyl/N-ethyl adjacent to an activating group) is 1. The molecule has 0 saturated carbocycles. The highest BCUT2D eigenvalue weighted by Crippen LogP contribution is 2.23. The molecule has 0 aliphatic rings. The van der Waals surface area contributed by atoms with E-state index in [1.165, 1.54) is 5.56 Å². The van der Waals surface area contributed by atoms with E-state index >= 15 is 0 Å². The smallest absolute Gasteiger partial charge is 0.104 e. The number of imidazole rings is 1. The Bertz CT molecular complexity index is 476. The number of halogens is 1. The van der Waals surface area contributed by atoms with E-state index in [-0.39, 0.29) is 0 Å². The summed E-state index contributed by atoms with van der Waals surface area (Å²) in [5.74, 6) is 0.961. The summed E-state index contributed by atoms with van der Waals surface area (Å²) < 4.78 is 1.14. The zero-order valence-corrected chi connectivity index (χ0v) is 10.5. The van der Waals surface area contributed by atoms with Gasteiger partial charge < -0.3 is 10.3 Å². The molecule has 1 aromatic carbocycles. The lowest BCUT2D eigenvalue weighted by molar-refractivity contribution is 0.790. The molecule has 0 spiro atoms. The zero-order valence-electron chi connectivity index (χ0n) is 8.89. The Morgan fingerprint density at radius 1 is 1.47 bits per heavy atom. The minimum atomic E-state index is 0.961. The van der Waals surface area contributed by atoms with Crippen molar-refractivity contribution < 1.29 is 0 Å². The fraction of sp³-hybridized carbons (Fsp3) is 0.364. The third kappa shape index (κ3) is 2.21. The summed E-state index contributed by atoms with van der Waals surface area (Å²) in [7, 11) is 1.97. The third-order valence-corrected chi connectivity index (χ3v) is 3.15. The molecule has 0 aliphatic heterocycles. The molecule has 3 nitrogen and oxygen atoms in total. The average molecular weight is 268 g/mol. The van der Waals surface area contributed by atoms with E-state index in [4.69, 9.17) is 0 Å². The number of fused-ring (bicyclic) bond motifs is 1. The largest absolute Gasteiger partial charge is 0.342 e. The number of hydrogen-bond donors (Lipinski definition) is 2. The lowest BCUT2D eigenvalue weighted by Gasteiger charge is -2.03. The van der Waals surface area contributed by atoms with Crippen molar-refractivity contribution in [3.05, 3.63) is 28.0 Å². The van der Waals surface area contributed by atoms with Gasteiger partial charge in [0, 0.05) is 4.47 Å². The highest BCUT2D eigenvalue weighted by atomic mass is 79.9. The number of nitrogens with zero attached hydrogens (tertiary/aromatic N) is 1. The zero-order chi connectivity index (χ0) is 10.8. The summed E-state index contributed by atoms with van der Waals surface area (Å²) in [5, 5.41) is 3.15. The molecule has 1 aromatic heterocycles. The van der Waals surface area contributed by atoms with Crippen molar-refractivity contribution in [2.45, 2.75) is 13.3 Å². The predicted octanol–water partition coefficient (Wildman–Crippen LogP) is 2.40. The van der Waals surface area contributed by atoms with Crippen LogP contribution in [-0.2, 0) is 6.42 Å². The van der Waals surface area contributed by atoms with Crippen LogP contribution >= 0.6 is 15.9 Å². The Balaban J connectivity index is 2.42. The first kappa shape index (κ1) is 10.6. The van der Waals surface area contributed by atoms with Crippen molar-refractivity contribution in [2.75, 3.05) is 13.6 Å². The van der Waals surface area contributed by atoms with Gasteiger partial charge in [0.2, 0.25) is 0 Å². The van der Waals surface area contributed by atoms with Gasteiger partial charge in [-0.05, 0) is 44.6 Å². The van der Waals surface area contributed by atoms with Crippen LogP contribution in [0, 0.1) is 6.92 Å². The summed E-state index contributed by atoms with van der Waals surface area (Å²) in [5.41, 5.74) is 3.44. The minimum absolute atomic E-state index is 0.961. The molecular formula is C11H14BrN3. The maximum absolute atomic E-state index is 4.39. The Hall–Kier alpha value is -0.870. The summed E-state index contributed by atoms with van der Waals surface area (Å²) in [6, 6.07) is 4.24. The van der Waals surface area contributed by atoms with Crippen LogP contribution in [0.5, 0.6) is 0 Å². The van der Waals surface area contributed by atoms with Crippen molar-refractivity contribution in [1.29, 1.82) is 0 Å². The van der Waals surface area contributed by atoms with Gasteiger partial charge in [-0.3, -0.25) is 0 Å². The quantitative estimate of drug-likeness (QED) is 0.897. The fourth-order valence-electron chi connectivity index (χ4n) is 1.65. The predicted molar refractivity (Wildman–Crippen MR) is 66.2 cm³/mol. The van der Waals surface area contributed by atoms with E-state index < -0.39 is 0 Å². The van der Waals surface area contributed by atoms with Gasteiger partial charge in [0.1, 0.15) is 5.82 Å². The van der Waals surface area contributed by atoms with Crippen LogP contribution in [0.15, 0.2) is 16.6 Å². The standard InChI is InChI=1S/C11H14BrN3/c1-7-14-10-5-8(3-4-13-2)9(12)6-11(10)15-7/h5-6,13H,3-4H2,1-2H3,(H,14,15). The van der Waals surface area contributed by atoms with Crippen LogP contribution in [0.1, 0.15) is 11.4 Å². The lowest BCUT2D eigenvalue weighted by atomic mass is 10.1. The number of aryl methyl sites for hydroxylation is 1. The second-order valence-corrected chi connectivity index (χ2v) is 4.49. The van der Waals surface area contributed by atoms with Crippen molar-refractivity contribution in [3.63, 3.8) is 0 Å². The first-order chi connectivity index (χ1) is 7.20. The topological polar surface area (TPSA) is 40.7 Å². The number of hydrogen-bond acceptors (Lipinski definition) is 2. The second-order valence-electron chi connectivity index (χ2n) is 3.64. The van der Waals surface area contributed by atoms with Crippen LogP contribution in [0.4, 0.5) is 0 Å². The molecule has 80 valence electrons. The van der Waals surface area contributed by atoms with Crippen molar-refractivity contribution in [1.82, 2.24) is 15.3 Å². The molecular weight excluding hydrogens is 254 g/mol. The van der Waals surface area contributed by atoms with Crippen molar-refractivity contribution in [3.8, 4) is 0 Å².